The maximum atomic E-state index is 5.24. The van der Waals surface area contributed by atoms with Crippen LogP contribution in [0.25, 0.3) is 87.5 Å². The molecule has 268 valence electrons. The van der Waals surface area contributed by atoms with Crippen LogP contribution in [0.3, 0.4) is 0 Å². The molecule has 1 unspecified atom stereocenters. The molecular formula is C54H36N2S. The van der Waals surface area contributed by atoms with Crippen LogP contribution >= 0.6 is 11.3 Å². The van der Waals surface area contributed by atoms with E-state index in [1.807, 2.05) is 17.4 Å². The molecule has 8 aromatic carbocycles. The molecule has 0 bridgehead atoms. The Hall–Kier alpha value is -6.94. The molecule has 3 heteroatoms. The fourth-order valence-corrected chi connectivity index (χ4v) is 10.2. The second-order valence-electron chi connectivity index (χ2n) is 15.0. The van der Waals surface area contributed by atoms with Gasteiger partial charge in [0.25, 0.3) is 0 Å². The van der Waals surface area contributed by atoms with E-state index in [9.17, 15) is 0 Å². The molecular weight excluding hydrogens is 709 g/mol. The van der Waals surface area contributed by atoms with Crippen LogP contribution in [0.5, 0.6) is 0 Å². The number of fused-ring (bicyclic) bond motifs is 6. The Morgan fingerprint density at radius 2 is 1.02 bits per heavy atom. The summed E-state index contributed by atoms with van der Waals surface area (Å²) in [6, 6.07) is 72.2. The largest absolute Gasteiger partial charge is 0.228 e. The smallest absolute Gasteiger partial charge is 0.160 e. The van der Waals surface area contributed by atoms with Crippen LogP contribution in [0.1, 0.15) is 23.6 Å². The summed E-state index contributed by atoms with van der Waals surface area (Å²) in [5.74, 6) is 0.717. The lowest BCUT2D eigenvalue weighted by atomic mass is 9.73. The third-order valence-corrected chi connectivity index (χ3v) is 13.0. The van der Waals surface area contributed by atoms with E-state index in [1.54, 1.807) is 0 Å². The van der Waals surface area contributed by atoms with Gasteiger partial charge in [-0.15, -0.1) is 11.3 Å². The van der Waals surface area contributed by atoms with Crippen molar-refractivity contribution in [1.82, 2.24) is 9.97 Å². The predicted octanol–water partition coefficient (Wildman–Crippen LogP) is 14.5. The fourth-order valence-electron chi connectivity index (χ4n) is 8.96. The Bertz CT molecular complexity index is 3130. The SMILES string of the molecule is CC1(c2ccccc2)c2cc(-c3cccc(-c4cc(-c5cccc6c5sc5ccccc56)nc(-c5ccccc5)n4)c3)ccc2-c2c(-c3ccccc3)cccc21. The molecule has 2 heterocycles. The zero-order valence-corrected chi connectivity index (χ0v) is 32.2. The third-order valence-electron chi connectivity index (χ3n) is 11.8. The van der Waals surface area contributed by atoms with Crippen LogP contribution < -0.4 is 0 Å². The van der Waals surface area contributed by atoms with Gasteiger partial charge in [-0.3, -0.25) is 0 Å². The van der Waals surface area contributed by atoms with Crippen molar-refractivity contribution in [2.24, 2.45) is 0 Å². The molecule has 1 aliphatic rings. The van der Waals surface area contributed by atoms with Gasteiger partial charge in [-0.1, -0.05) is 176 Å². The highest BCUT2D eigenvalue weighted by atomic mass is 32.1. The molecule has 0 saturated heterocycles. The van der Waals surface area contributed by atoms with E-state index in [0.717, 1.165) is 39.5 Å². The summed E-state index contributed by atoms with van der Waals surface area (Å²) < 4.78 is 2.52. The number of rotatable bonds is 6. The van der Waals surface area contributed by atoms with Crippen molar-refractivity contribution >= 4 is 31.5 Å². The minimum Gasteiger partial charge on any atom is -0.228 e. The maximum absolute atomic E-state index is 5.24. The fraction of sp³-hybridized carbons (Fsp3) is 0.0370. The zero-order valence-electron chi connectivity index (χ0n) is 31.4. The molecule has 0 spiro atoms. The summed E-state index contributed by atoms with van der Waals surface area (Å²) in [5.41, 5.74) is 16.1. The van der Waals surface area contributed by atoms with Crippen molar-refractivity contribution < 1.29 is 0 Å². The first-order valence-corrected chi connectivity index (χ1v) is 20.3. The quantitative estimate of drug-likeness (QED) is 0.169. The van der Waals surface area contributed by atoms with Crippen LogP contribution in [0, 0.1) is 0 Å². The first-order chi connectivity index (χ1) is 28.1. The van der Waals surface area contributed by atoms with Gasteiger partial charge in [0.1, 0.15) is 0 Å². The molecule has 0 saturated carbocycles. The summed E-state index contributed by atoms with van der Waals surface area (Å²) in [6.45, 7) is 2.40. The lowest BCUT2D eigenvalue weighted by molar-refractivity contribution is 0.714. The monoisotopic (exact) mass is 744 g/mol. The van der Waals surface area contributed by atoms with Crippen molar-refractivity contribution in [3.8, 4) is 67.3 Å². The number of hydrogen-bond acceptors (Lipinski definition) is 3. The second kappa shape index (κ2) is 13.4. The van der Waals surface area contributed by atoms with Crippen molar-refractivity contribution in [2.45, 2.75) is 12.3 Å². The summed E-state index contributed by atoms with van der Waals surface area (Å²) >= 11 is 1.83. The molecule has 2 nitrogen and oxygen atoms in total. The number of hydrogen-bond donors (Lipinski definition) is 0. The molecule has 11 rings (SSSR count). The Labute approximate surface area is 336 Å². The molecule has 0 fully saturated rings. The van der Waals surface area contributed by atoms with Gasteiger partial charge in [-0.2, -0.15) is 0 Å². The first-order valence-electron chi connectivity index (χ1n) is 19.5. The molecule has 10 aromatic rings. The topological polar surface area (TPSA) is 25.8 Å². The van der Waals surface area contributed by atoms with Crippen molar-refractivity contribution in [1.29, 1.82) is 0 Å². The molecule has 0 N–H and O–H groups in total. The summed E-state index contributed by atoms with van der Waals surface area (Å²) in [7, 11) is 0. The number of thiophene rings is 1. The summed E-state index contributed by atoms with van der Waals surface area (Å²) in [6.07, 6.45) is 0. The highest BCUT2D eigenvalue weighted by Gasteiger charge is 2.42. The van der Waals surface area contributed by atoms with Gasteiger partial charge in [0.15, 0.2) is 5.82 Å². The summed E-state index contributed by atoms with van der Waals surface area (Å²) in [4.78, 5) is 10.5. The van der Waals surface area contributed by atoms with Crippen LogP contribution in [0.4, 0.5) is 0 Å². The second-order valence-corrected chi connectivity index (χ2v) is 16.1. The lowest BCUT2D eigenvalue weighted by Gasteiger charge is -2.29. The predicted molar refractivity (Wildman–Crippen MR) is 240 cm³/mol. The van der Waals surface area contributed by atoms with Gasteiger partial charge in [0.05, 0.1) is 11.4 Å². The Morgan fingerprint density at radius 3 is 1.84 bits per heavy atom. The standard InChI is InChI=1S/C54H36N2S/c1-54(40-22-9-4-10-23-40)46-28-15-25-41(35-16-5-2-6-17-35)51(46)44-31-30-38(33-47(44)54)37-20-13-21-39(32-37)48-34-49(56-53(55-48)36-18-7-3-8-19-36)45-27-14-26-43-42-24-11-12-29-50(42)57-52(43)45/h2-34H,1H3. The van der Waals surface area contributed by atoms with Crippen LogP contribution in [-0.2, 0) is 5.41 Å². The van der Waals surface area contributed by atoms with E-state index in [1.165, 1.54) is 64.7 Å². The van der Waals surface area contributed by atoms with Crippen LogP contribution in [-0.4, -0.2) is 9.97 Å². The molecule has 0 aliphatic heterocycles. The highest BCUT2D eigenvalue weighted by Crippen LogP contribution is 2.56. The van der Waals surface area contributed by atoms with E-state index in [2.05, 4.69) is 201 Å². The molecule has 1 atom stereocenters. The van der Waals surface area contributed by atoms with Gasteiger partial charge >= 0.3 is 0 Å². The normalized spacial score (nSPS) is 14.5. The molecule has 57 heavy (non-hydrogen) atoms. The minimum atomic E-state index is -0.329. The minimum absolute atomic E-state index is 0.329. The number of aromatic nitrogens is 2. The van der Waals surface area contributed by atoms with E-state index in [4.69, 9.17) is 9.97 Å². The Morgan fingerprint density at radius 1 is 0.404 bits per heavy atom. The van der Waals surface area contributed by atoms with Crippen molar-refractivity contribution in [2.75, 3.05) is 0 Å². The van der Waals surface area contributed by atoms with Crippen molar-refractivity contribution in [3.05, 3.63) is 217 Å². The molecule has 1 aliphatic carbocycles. The Balaban J connectivity index is 1.07. The average molecular weight is 745 g/mol. The van der Waals surface area contributed by atoms with E-state index in [-0.39, 0.29) is 5.41 Å². The number of benzene rings is 8. The Kier molecular flexibility index (Phi) is 7.84. The van der Waals surface area contributed by atoms with Gasteiger partial charge < -0.3 is 0 Å². The van der Waals surface area contributed by atoms with Gasteiger partial charge in [-0.25, -0.2) is 9.97 Å². The summed E-state index contributed by atoms with van der Waals surface area (Å²) in [5, 5.41) is 2.54. The first kappa shape index (κ1) is 33.4. The number of nitrogens with zero attached hydrogens (tertiary/aromatic N) is 2. The zero-order chi connectivity index (χ0) is 37.9. The lowest BCUT2D eigenvalue weighted by Crippen LogP contribution is -2.22. The van der Waals surface area contributed by atoms with E-state index in [0.29, 0.717) is 0 Å². The van der Waals surface area contributed by atoms with Gasteiger partial charge in [0.2, 0.25) is 0 Å². The van der Waals surface area contributed by atoms with E-state index >= 15 is 0 Å². The highest BCUT2D eigenvalue weighted by molar-refractivity contribution is 7.26. The van der Waals surface area contributed by atoms with Crippen molar-refractivity contribution in [3.63, 3.8) is 0 Å². The average Bonchev–Trinajstić information content (AvgIpc) is 3.80. The van der Waals surface area contributed by atoms with Gasteiger partial charge in [-0.05, 0) is 81.3 Å². The van der Waals surface area contributed by atoms with Gasteiger partial charge in [0, 0.05) is 42.3 Å². The maximum Gasteiger partial charge on any atom is 0.160 e. The van der Waals surface area contributed by atoms with E-state index < -0.39 is 0 Å². The molecule has 0 radical (unpaired) electrons. The molecule has 2 aromatic heterocycles. The third kappa shape index (κ3) is 5.46. The van der Waals surface area contributed by atoms with Crippen LogP contribution in [0.2, 0.25) is 0 Å². The van der Waals surface area contributed by atoms with Crippen LogP contribution in [0.15, 0.2) is 200 Å². The molecule has 0 amide bonds.